The molecule has 0 atom stereocenters. The zero-order valence-corrected chi connectivity index (χ0v) is 19.6. The molecule has 0 unspecified atom stereocenters. The first kappa shape index (κ1) is 23.2. The van der Waals surface area contributed by atoms with Gasteiger partial charge in [-0.05, 0) is 50.1 Å². The van der Waals surface area contributed by atoms with E-state index < -0.39 is 0 Å². The minimum Gasteiger partial charge on any atom is -0.494 e. The van der Waals surface area contributed by atoms with Crippen LogP contribution in [0.1, 0.15) is 25.3 Å². The van der Waals surface area contributed by atoms with Crippen LogP contribution in [0.5, 0.6) is 17.2 Å². The van der Waals surface area contributed by atoms with E-state index in [0.29, 0.717) is 55.3 Å². The van der Waals surface area contributed by atoms with Crippen LogP contribution in [0.15, 0.2) is 42.6 Å². The lowest BCUT2D eigenvalue weighted by Crippen LogP contribution is -2.38. The number of nitrogens with zero attached hydrogens (tertiary/aromatic N) is 3. The normalized spacial score (nSPS) is 13.9. The molecule has 2 heterocycles. The van der Waals surface area contributed by atoms with Gasteiger partial charge in [0.25, 0.3) is 0 Å². The van der Waals surface area contributed by atoms with E-state index in [-0.39, 0.29) is 11.8 Å². The first-order valence-corrected chi connectivity index (χ1v) is 11.3. The molecule has 1 saturated heterocycles. The van der Waals surface area contributed by atoms with E-state index in [0.717, 1.165) is 22.3 Å². The number of methoxy groups -OCH3 is 2. The molecule has 1 aliphatic rings. The Morgan fingerprint density at radius 3 is 2.59 bits per heavy atom. The van der Waals surface area contributed by atoms with E-state index in [1.165, 1.54) is 0 Å². The Labute approximate surface area is 199 Å². The van der Waals surface area contributed by atoms with Gasteiger partial charge in [-0.25, -0.2) is 0 Å². The Balaban J connectivity index is 1.50. The highest BCUT2D eigenvalue weighted by molar-refractivity contribution is 5.96. The lowest BCUT2D eigenvalue weighted by atomic mass is 9.94. The number of carbonyl (C=O) groups excluding carboxylic acids is 1. The van der Waals surface area contributed by atoms with Crippen molar-refractivity contribution in [3.63, 3.8) is 0 Å². The summed E-state index contributed by atoms with van der Waals surface area (Å²) in [6.45, 7) is 3.83. The molecule has 1 aromatic heterocycles. The summed E-state index contributed by atoms with van der Waals surface area (Å²) in [6.07, 6.45) is 2.98. The number of benzene rings is 2. The molecule has 176 valence electrons. The van der Waals surface area contributed by atoms with Crippen molar-refractivity contribution in [1.82, 2.24) is 4.98 Å². The second kappa shape index (κ2) is 10.3. The van der Waals surface area contributed by atoms with E-state index in [9.17, 15) is 10.1 Å². The Hall–Kier alpha value is -3.99. The summed E-state index contributed by atoms with van der Waals surface area (Å²) < 4.78 is 16.2. The highest BCUT2D eigenvalue weighted by atomic mass is 16.5. The van der Waals surface area contributed by atoms with E-state index in [2.05, 4.69) is 21.3 Å². The summed E-state index contributed by atoms with van der Waals surface area (Å²) in [4.78, 5) is 19.6. The minimum atomic E-state index is -0.123. The molecule has 3 aromatic rings. The number of hydrogen-bond acceptors (Lipinski definition) is 7. The van der Waals surface area contributed by atoms with Gasteiger partial charge in [0.2, 0.25) is 5.91 Å². The van der Waals surface area contributed by atoms with Crippen LogP contribution in [0.2, 0.25) is 0 Å². The van der Waals surface area contributed by atoms with Crippen LogP contribution >= 0.6 is 0 Å². The van der Waals surface area contributed by atoms with Gasteiger partial charge < -0.3 is 24.4 Å². The van der Waals surface area contributed by atoms with Crippen molar-refractivity contribution in [3.8, 4) is 23.3 Å². The quantitative estimate of drug-likeness (QED) is 0.559. The molecule has 0 bridgehead atoms. The fourth-order valence-corrected chi connectivity index (χ4v) is 4.36. The second-order valence-electron chi connectivity index (χ2n) is 8.06. The van der Waals surface area contributed by atoms with Gasteiger partial charge in [-0.1, -0.05) is 0 Å². The number of nitrogens with one attached hydrogen (secondary N) is 1. The van der Waals surface area contributed by atoms with Gasteiger partial charge in [-0.15, -0.1) is 0 Å². The SMILES string of the molecule is CCOc1ccc2ncc(C#N)c(N3CCC(C(=O)Nc4ccc(OC)c(OC)c4)CC3)c2c1. The number of aromatic nitrogens is 1. The molecule has 8 heteroatoms. The Morgan fingerprint density at radius 1 is 1.15 bits per heavy atom. The number of nitriles is 1. The molecule has 34 heavy (non-hydrogen) atoms. The zero-order chi connectivity index (χ0) is 24.1. The summed E-state index contributed by atoms with van der Waals surface area (Å²) in [5.41, 5.74) is 2.85. The number of amides is 1. The lowest BCUT2D eigenvalue weighted by molar-refractivity contribution is -0.120. The van der Waals surface area contributed by atoms with Crippen molar-refractivity contribution in [2.24, 2.45) is 5.92 Å². The summed E-state index contributed by atoms with van der Waals surface area (Å²) in [5.74, 6) is 1.78. The largest absolute Gasteiger partial charge is 0.494 e. The molecule has 0 spiro atoms. The molecule has 4 rings (SSSR count). The fourth-order valence-electron chi connectivity index (χ4n) is 4.36. The maximum Gasteiger partial charge on any atom is 0.227 e. The molecule has 0 saturated carbocycles. The molecule has 8 nitrogen and oxygen atoms in total. The molecule has 1 fully saturated rings. The number of carbonyl (C=O) groups is 1. The van der Waals surface area contributed by atoms with Crippen molar-refractivity contribution in [2.75, 3.05) is 44.1 Å². The third-order valence-corrected chi connectivity index (χ3v) is 6.08. The van der Waals surface area contributed by atoms with Crippen molar-refractivity contribution >= 4 is 28.2 Å². The average molecular weight is 461 g/mol. The molecule has 0 aliphatic carbocycles. The van der Waals surface area contributed by atoms with Gasteiger partial charge in [0.05, 0.1) is 37.6 Å². The Morgan fingerprint density at radius 2 is 1.91 bits per heavy atom. The summed E-state index contributed by atoms with van der Waals surface area (Å²) in [7, 11) is 3.14. The summed E-state index contributed by atoms with van der Waals surface area (Å²) >= 11 is 0. The van der Waals surface area contributed by atoms with Crippen molar-refractivity contribution < 1.29 is 19.0 Å². The molecular formula is C26H28N4O4. The first-order valence-electron chi connectivity index (χ1n) is 11.3. The van der Waals surface area contributed by atoms with Crippen LogP contribution in [0.3, 0.4) is 0 Å². The molecule has 1 N–H and O–H groups in total. The van der Waals surface area contributed by atoms with Gasteiger partial charge >= 0.3 is 0 Å². The van der Waals surface area contributed by atoms with E-state index in [1.807, 2.05) is 25.1 Å². The molecular weight excluding hydrogens is 432 g/mol. The third kappa shape index (κ3) is 4.69. The average Bonchev–Trinajstić information content (AvgIpc) is 2.88. The predicted octanol–water partition coefficient (Wildman–Crippen LogP) is 4.38. The standard InChI is InChI=1S/C26H28N4O4/c1-4-34-20-6-7-22-21(14-20)25(18(15-27)16-28-22)30-11-9-17(10-12-30)26(31)29-19-5-8-23(32-2)24(13-19)33-3/h5-8,13-14,16-17H,4,9-12H2,1-3H3,(H,29,31). The number of anilines is 2. The van der Waals surface area contributed by atoms with Crippen LogP contribution < -0.4 is 24.4 Å². The molecule has 1 amide bonds. The highest BCUT2D eigenvalue weighted by Crippen LogP contribution is 2.35. The summed E-state index contributed by atoms with van der Waals surface area (Å²) in [5, 5.41) is 13.6. The van der Waals surface area contributed by atoms with Gasteiger partial charge in [0.1, 0.15) is 11.8 Å². The number of fused-ring (bicyclic) bond motifs is 1. The van der Waals surface area contributed by atoms with E-state index in [1.54, 1.807) is 38.6 Å². The number of rotatable bonds is 7. The van der Waals surface area contributed by atoms with Crippen LogP contribution in [-0.2, 0) is 4.79 Å². The molecule has 0 radical (unpaired) electrons. The maximum atomic E-state index is 12.9. The third-order valence-electron chi connectivity index (χ3n) is 6.08. The molecule has 1 aliphatic heterocycles. The van der Waals surface area contributed by atoms with Crippen LogP contribution in [-0.4, -0.2) is 44.8 Å². The topological polar surface area (TPSA) is 96.7 Å². The van der Waals surface area contributed by atoms with E-state index >= 15 is 0 Å². The smallest absolute Gasteiger partial charge is 0.227 e. The van der Waals surface area contributed by atoms with E-state index in [4.69, 9.17) is 14.2 Å². The van der Waals surface area contributed by atoms with Gasteiger partial charge in [-0.2, -0.15) is 5.26 Å². The maximum absolute atomic E-state index is 12.9. The number of ether oxygens (including phenoxy) is 3. The van der Waals surface area contributed by atoms with Gasteiger partial charge in [0, 0.05) is 42.3 Å². The molecule has 2 aromatic carbocycles. The Kier molecular flexibility index (Phi) is 7.02. The van der Waals surface area contributed by atoms with Crippen LogP contribution in [0.4, 0.5) is 11.4 Å². The number of piperidine rings is 1. The van der Waals surface area contributed by atoms with Crippen molar-refractivity contribution in [2.45, 2.75) is 19.8 Å². The fraction of sp³-hybridized carbons (Fsp3) is 0.346. The lowest BCUT2D eigenvalue weighted by Gasteiger charge is -2.34. The van der Waals surface area contributed by atoms with Gasteiger partial charge in [-0.3, -0.25) is 9.78 Å². The highest BCUT2D eigenvalue weighted by Gasteiger charge is 2.27. The zero-order valence-electron chi connectivity index (χ0n) is 19.6. The number of pyridine rings is 1. The van der Waals surface area contributed by atoms with Crippen LogP contribution in [0, 0.1) is 17.2 Å². The number of hydrogen-bond donors (Lipinski definition) is 1. The second-order valence-corrected chi connectivity index (χ2v) is 8.06. The minimum absolute atomic E-state index is 0.0226. The summed E-state index contributed by atoms with van der Waals surface area (Å²) in [6, 6.07) is 13.3. The van der Waals surface area contributed by atoms with Crippen molar-refractivity contribution in [3.05, 3.63) is 48.2 Å². The first-order chi connectivity index (χ1) is 16.6. The van der Waals surface area contributed by atoms with Crippen molar-refractivity contribution in [1.29, 1.82) is 5.26 Å². The predicted molar refractivity (Wildman–Crippen MR) is 131 cm³/mol. The monoisotopic (exact) mass is 460 g/mol. The van der Waals surface area contributed by atoms with Gasteiger partial charge in [0.15, 0.2) is 11.5 Å². The Bertz CT molecular complexity index is 1230. The van der Waals surface area contributed by atoms with Crippen LogP contribution in [0.25, 0.3) is 10.9 Å².